The summed E-state index contributed by atoms with van der Waals surface area (Å²) in [7, 11) is 0. The molecule has 1 amide bonds. The van der Waals surface area contributed by atoms with Crippen LogP contribution in [0.25, 0.3) is 20.7 Å². The molecule has 7 heteroatoms. The van der Waals surface area contributed by atoms with Gasteiger partial charge in [0.25, 0.3) is 5.56 Å². The molecule has 1 saturated heterocycles. The molecule has 2 aliphatic rings. The normalized spacial score (nSPS) is 19.2. The maximum Gasteiger partial charge on any atom is 0.263 e. The van der Waals surface area contributed by atoms with Crippen molar-refractivity contribution in [1.82, 2.24) is 14.5 Å². The molecular weight excluding hydrogens is 402 g/mol. The molecule has 0 spiro atoms. The second-order valence-electron chi connectivity index (χ2n) is 7.45. The Hall–Kier alpha value is -2.38. The van der Waals surface area contributed by atoms with Crippen LogP contribution < -0.4 is 5.56 Å². The number of rotatable bonds is 6. The van der Waals surface area contributed by atoms with E-state index in [0.29, 0.717) is 23.1 Å². The number of aromatic nitrogens is 2. The molecule has 1 aliphatic carbocycles. The molecule has 2 fully saturated rings. The molecule has 148 valence electrons. The predicted octanol–water partition coefficient (Wildman–Crippen LogP) is 4.17. The van der Waals surface area contributed by atoms with Crippen LogP contribution in [0.1, 0.15) is 19.3 Å². The van der Waals surface area contributed by atoms with Crippen molar-refractivity contribution in [3.8, 4) is 10.4 Å². The maximum atomic E-state index is 13.2. The van der Waals surface area contributed by atoms with Crippen molar-refractivity contribution in [3.05, 3.63) is 59.4 Å². The summed E-state index contributed by atoms with van der Waals surface area (Å²) in [5.41, 5.74) is 1.01. The summed E-state index contributed by atoms with van der Waals surface area (Å²) in [6, 6.07) is 12.4. The third-order valence-corrected chi connectivity index (χ3v) is 7.73. The molecule has 2 aromatic heterocycles. The van der Waals surface area contributed by atoms with E-state index in [2.05, 4.69) is 6.58 Å². The summed E-state index contributed by atoms with van der Waals surface area (Å²) in [6.07, 6.45) is 4.75. The Morgan fingerprint density at radius 1 is 1.21 bits per heavy atom. The number of carbonyl (C=O) groups is 1. The molecule has 1 aromatic carbocycles. The molecule has 1 atom stereocenters. The molecule has 1 saturated carbocycles. The highest BCUT2D eigenvalue weighted by molar-refractivity contribution is 8.00. The fraction of sp³-hybridized carbons (Fsp3) is 0.318. The van der Waals surface area contributed by atoms with E-state index >= 15 is 0 Å². The van der Waals surface area contributed by atoms with E-state index in [1.165, 1.54) is 23.1 Å². The molecule has 3 aromatic rings. The highest BCUT2D eigenvalue weighted by Gasteiger charge is 2.41. The Morgan fingerprint density at radius 3 is 2.72 bits per heavy atom. The lowest BCUT2D eigenvalue weighted by Crippen LogP contribution is -2.31. The van der Waals surface area contributed by atoms with Crippen LogP contribution in [0, 0.1) is 0 Å². The first kappa shape index (κ1) is 18.6. The molecule has 3 heterocycles. The van der Waals surface area contributed by atoms with Crippen LogP contribution in [-0.2, 0) is 11.3 Å². The summed E-state index contributed by atoms with van der Waals surface area (Å²) in [5.74, 6) is 0.188. The number of carbonyl (C=O) groups excluding carboxylic acids is 1. The zero-order valence-corrected chi connectivity index (χ0v) is 17.5. The number of hydrogen-bond acceptors (Lipinski definition) is 5. The van der Waals surface area contributed by atoms with Gasteiger partial charge in [0, 0.05) is 24.0 Å². The number of nitrogens with zero attached hydrogens (tertiary/aromatic N) is 3. The molecule has 5 nitrogen and oxygen atoms in total. The topological polar surface area (TPSA) is 55.2 Å². The van der Waals surface area contributed by atoms with Gasteiger partial charge in [0.1, 0.15) is 4.83 Å². The minimum atomic E-state index is -0.162. The van der Waals surface area contributed by atoms with Gasteiger partial charge >= 0.3 is 0 Å². The van der Waals surface area contributed by atoms with Crippen LogP contribution in [0.4, 0.5) is 0 Å². The van der Waals surface area contributed by atoms with Crippen molar-refractivity contribution in [2.45, 2.75) is 42.3 Å². The lowest BCUT2D eigenvalue weighted by molar-refractivity contribution is -0.127. The van der Waals surface area contributed by atoms with Crippen molar-refractivity contribution in [1.29, 1.82) is 0 Å². The van der Waals surface area contributed by atoms with E-state index in [1.54, 1.807) is 10.6 Å². The Bertz CT molecular complexity index is 1150. The molecule has 0 radical (unpaired) electrons. The number of benzene rings is 1. The van der Waals surface area contributed by atoms with Gasteiger partial charge in [-0.3, -0.25) is 14.2 Å². The van der Waals surface area contributed by atoms with Gasteiger partial charge < -0.3 is 4.90 Å². The highest BCUT2D eigenvalue weighted by Crippen LogP contribution is 2.37. The minimum Gasteiger partial charge on any atom is -0.339 e. The van der Waals surface area contributed by atoms with E-state index in [1.807, 2.05) is 41.3 Å². The second kappa shape index (κ2) is 7.46. The number of fused-ring (bicyclic) bond motifs is 1. The Balaban J connectivity index is 1.53. The summed E-state index contributed by atoms with van der Waals surface area (Å²) in [6.45, 7) is 4.99. The third kappa shape index (κ3) is 3.42. The molecule has 5 rings (SSSR count). The summed E-state index contributed by atoms with van der Waals surface area (Å²) < 4.78 is 1.65. The number of thioether (sulfide) groups is 1. The molecule has 0 bridgehead atoms. The molecule has 29 heavy (non-hydrogen) atoms. The standard InChI is InChI=1S/C22H21N3O2S2/c1-2-11-25-20(26)16-13-18(14-6-4-3-5-7-14)28-19(16)23-22(25)29-17-10-12-24(21(17)27)15-8-9-15/h2-7,13,15,17H,1,8-12H2. The molecule has 0 N–H and O–H groups in total. The quantitative estimate of drug-likeness (QED) is 0.441. The van der Waals surface area contributed by atoms with E-state index in [9.17, 15) is 9.59 Å². The van der Waals surface area contributed by atoms with Crippen molar-refractivity contribution >= 4 is 39.2 Å². The summed E-state index contributed by atoms with van der Waals surface area (Å²) in [5, 5.41) is 1.07. The number of thiophene rings is 1. The smallest absolute Gasteiger partial charge is 0.263 e. The van der Waals surface area contributed by atoms with Crippen LogP contribution in [0.2, 0.25) is 0 Å². The first-order valence-electron chi connectivity index (χ1n) is 9.83. The first-order valence-corrected chi connectivity index (χ1v) is 11.5. The monoisotopic (exact) mass is 423 g/mol. The Labute approximate surface area is 177 Å². The Morgan fingerprint density at radius 2 is 2.00 bits per heavy atom. The predicted molar refractivity (Wildman–Crippen MR) is 119 cm³/mol. The van der Waals surface area contributed by atoms with Crippen LogP contribution >= 0.6 is 23.1 Å². The van der Waals surface area contributed by atoms with E-state index in [0.717, 1.165) is 41.1 Å². The lowest BCUT2D eigenvalue weighted by Gasteiger charge is -2.16. The van der Waals surface area contributed by atoms with Crippen LogP contribution in [0.3, 0.4) is 0 Å². The number of allylic oxidation sites excluding steroid dienone is 1. The first-order chi connectivity index (χ1) is 14.2. The SMILES string of the molecule is C=CCn1c(SC2CCN(C3CC3)C2=O)nc2sc(-c3ccccc3)cc2c1=O. The number of hydrogen-bond donors (Lipinski definition) is 0. The van der Waals surface area contributed by atoms with Gasteiger partial charge in [-0.1, -0.05) is 48.2 Å². The average molecular weight is 424 g/mol. The van der Waals surface area contributed by atoms with Crippen molar-refractivity contribution in [2.24, 2.45) is 0 Å². The van der Waals surface area contributed by atoms with Crippen LogP contribution in [-0.4, -0.2) is 38.2 Å². The van der Waals surface area contributed by atoms with Gasteiger partial charge in [-0.15, -0.1) is 17.9 Å². The lowest BCUT2D eigenvalue weighted by atomic mass is 10.2. The Kier molecular flexibility index (Phi) is 4.80. The molecule has 1 unspecified atom stereocenters. The summed E-state index contributed by atoms with van der Waals surface area (Å²) in [4.78, 5) is 34.5. The van der Waals surface area contributed by atoms with Crippen LogP contribution in [0.5, 0.6) is 0 Å². The summed E-state index contributed by atoms with van der Waals surface area (Å²) >= 11 is 2.95. The zero-order chi connectivity index (χ0) is 20.0. The average Bonchev–Trinajstić information content (AvgIpc) is 3.38. The minimum absolute atomic E-state index is 0.0691. The van der Waals surface area contributed by atoms with Gasteiger partial charge in [0.15, 0.2) is 5.16 Å². The highest BCUT2D eigenvalue weighted by atomic mass is 32.2. The van der Waals surface area contributed by atoms with Gasteiger partial charge in [-0.05, 0) is 30.9 Å². The van der Waals surface area contributed by atoms with Gasteiger partial charge in [0.05, 0.1) is 10.6 Å². The largest absolute Gasteiger partial charge is 0.339 e. The van der Waals surface area contributed by atoms with Gasteiger partial charge in [-0.25, -0.2) is 4.98 Å². The zero-order valence-electron chi connectivity index (χ0n) is 15.9. The fourth-order valence-electron chi connectivity index (χ4n) is 3.78. The van der Waals surface area contributed by atoms with Crippen molar-refractivity contribution < 1.29 is 4.79 Å². The fourth-order valence-corrected chi connectivity index (χ4v) is 6.01. The van der Waals surface area contributed by atoms with E-state index in [-0.39, 0.29) is 16.7 Å². The van der Waals surface area contributed by atoms with Crippen LogP contribution in [0.15, 0.2) is 59.0 Å². The van der Waals surface area contributed by atoms with Crippen molar-refractivity contribution in [3.63, 3.8) is 0 Å². The molecule has 1 aliphatic heterocycles. The number of likely N-dealkylation sites (tertiary alicyclic amines) is 1. The maximum absolute atomic E-state index is 13.2. The third-order valence-electron chi connectivity index (χ3n) is 5.41. The molecular formula is C22H21N3O2S2. The van der Waals surface area contributed by atoms with E-state index in [4.69, 9.17) is 4.98 Å². The van der Waals surface area contributed by atoms with E-state index < -0.39 is 0 Å². The van der Waals surface area contributed by atoms with Gasteiger partial charge in [0.2, 0.25) is 5.91 Å². The van der Waals surface area contributed by atoms with Gasteiger partial charge in [-0.2, -0.15) is 0 Å². The van der Waals surface area contributed by atoms with Crippen molar-refractivity contribution in [2.75, 3.05) is 6.54 Å². The number of amides is 1. The second-order valence-corrected chi connectivity index (χ2v) is 9.65.